The Morgan fingerprint density at radius 2 is 2.00 bits per heavy atom. The first-order valence-corrected chi connectivity index (χ1v) is 8.16. The van der Waals surface area contributed by atoms with Gasteiger partial charge in [0.2, 0.25) is 0 Å². The zero-order chi connectivity index (χ0) is 17.6. The van der Waals surface area contributed by atoms with Gasteiger partial charge in [-0.25, -0.2) is 0 Å². The lowest BCUT2D eigenvalue weighted by Gasteiger charge is -2.09. The van der Waals surface area contributed by atoms with E-state index in [0.29, 0.717) is 41.9 Å². The quantitative estimate of drug-likeness (QED) is 0.460. The Balaban J connectivity index is 1.75. The highest BCUT2D eigenvalue weighted by atomic mass is 16.5. The molecule has 0 bridgehead atoms. The van der Waals surface area contributed by atoms with Crippen LogP contribution >= 0.6 is 0 Å². The van der Waals surface area contributed by atoms with Gasteiger partial charge in [0.15, 0.2) is 5.78 Å². The zero-order valence-corrected chi connectivity index (χ0v) is 13.7. The third kappa shape index (κ3) is 3.94. The maximum atomic E-state index is 12.8. The highest BCUT2D eigenvalue weighted by Crippen LogP contribution is 2.29. The van der Waals surface area contributed by atoms with Gasteiger partial charge < -0.3 is 14.3 Å². The lowest BCUT2D eigenvalue weighted by Crippen LogP contribution is -2.10. The Morgan fingerprint density at radius 1 is 1.16 bits per heavy atom. The first kappa shape index (κ1) is 16.9. The van der Waals surface area contributed by atoms with Gasteiger partial charge in [-0.05, 0) is 24.1 Å². The van der Waals surface area contributed by atoms with Crippen molar-refractivity contribution in [1.82, 2.24) is 0 Å². The van der Waals surface area contributed by atoms with Gasteiger partial charge >= 0.3 is 5.97 Å². The van der Waals surface area contributed by atoms with Crippen LogP contribution in [0, 0.1) is 0 Å². The number of fused-ring (bicyclic) bond motifs is 2. The van der Waals surface area contributed by atoms with Crippen LogP contribution in [0.5, 0.6) is 5.75 Å². The number of aldehydes is 1. The molecule has 0 saturated carbocycles. The number of ketones is 1. The largest absolute Gasteiger partial charge is 0.488 e. The SMILES string of the molecule is O=CCCCOC(=O)Cc1ccc2c(c1)C(=O)c1ccccc1CO2. The Morgan fingerprint density at radius 3 is 2.84 bits per heavy atom. The molecule has 0 fully saturated rings. The molecule has 0 atom stereocenters. The molecule has 0 aromatic heterocycles. The molecule has 0 N–H and O–H groups in total. The molecule has 3 rings (SSSR count). The fraction of sp³-hybridized carbons (Fsp3) is 0.250. The molecule has 5 heteroatoms. The zero-order valence-electron chi connectivity index (χ0n) is 13.7. The summed E-state index contributed by atoms with van der Waals surface area (Å²) >= 11 is 0. The predicted molar refractivity (Wildman–Crippen MR) is 90.6 cm³/mol. The van der Waals surface area contributed by atoms with Crippen LogP contribution in [0.1, 0.15) is 39.9 Å². The van der Waals surface area contributed by atoms with Crippen molar-refractivity contribution in [3.05, 3.63) is 64.7 Å². The van der Waals surface area contributed by atoms with Crippen molar-refractivity contribution in [2.45, 2.75) is 25.9 Å². The molecule has 0 spiro atoms. The molecule has 2 aromatic carbocycles. The second-order valence-corrected chi connectivity index (χ2v) is 5.81. The van der Waals surface area contributed by atoms with Gasteiger partial charge in [-0.1, -0.05) is 30.3 Å². The normalized spacial score (nSPS) is 12.4. The van der Waals surface area contributed by atoms with Gasteiger partial charge in [0, 0.05) is 17.5 Å². The lowest BCUT2D eigenvalue weighted by molar-refractivity contribution is -0.143. The number of carbonyl (C=O) groups excluding carboxylic acids is 3. The predicted octanol–water partition coefficient (Wildman–Crippen LogP) is 2.87. The van der Waals surface area contributed by atoms with E-state index in [4.69, 9.17) is 9.47 Å². The van der Waals surface area contributed by atoms with E-state index in [1.807, 2.05) is 18.2 Å². The van der Waals surface area contributed by atoms with Gasteiger partial charge in [0.05, 0.1) is 18.6 Å². The first-order chi connectivity index (χ1) is 12.2. The van der Waals surface area contributed by atoms with E-state index in [-0.39, 0.29) is 24.8 Å². The van der Waals surface area contributed by atoms with E-state index in [1.54, 1.807) is 24.3 Å². The maximum Gasteiger partial charge on any atom is 0.310 e. The molecule has 0 unspecified atom stereocenters. The van der Waals surface area contributed by atoms with Crippen molar-refractivity contribution in [1.29, 1.82) is 0 Å². The minimum atomic E-state index is -0.381. The van der Waals surface area contributed by atoms with Gasteiger partial charge in [0.25, 0.3) is 0 Å². The highest BCUT2D eigenvalue weighted by molar-refractivity contribution is 6.12. The highest BCUT2D eigenvalue weighted by Gasteiger charge is 2.22. The molecule has 2 aromatic rings. The Bertz CT molecular complexity index is 809. The number of hydrogen-bond acceptors (Lipinski definition) is 5. The van der Waals surface area contributed by atoms with Crippen molar-refractivity contribution in [3.8, 4) is 5.75 Å². The van der Waals surface area contributed by atoms with E-state index < -0.39 is 0 Å². The summed E-state index contributed by atoms with van der Waals surface area (Å²) in [5.74, 6) is 0.0295. The third-order valence-corrected chi connectivity index (χ3v) is 4.01. The van der Waals surface area contributed by atoms with E-state index >= 15 is 0 Å². The van der Waals surface area contributed by atoms with Crippen LogP contribution in [-0.4, -0.2) is 24.6 Å². The summed E-state index contributed by atoms with van der Waals surface area (Å²) < 4.78 is 10.8. The molecular formula is C20H18O5. The smallest absolute Gasteiger partial charge is 0.310 e. The second-order valence-electron chi connectivity index (χ2n) is 5.81. The fourth-order valence-corrected chi connectivity index (χ4v) is 2.73. The van der Waals surface area contributed by atoms with E-state index in [0.717, 1.165) is 11.8 Å². The van der Waals surface area contributed by atoms with Crippen LogP contribution < -0.4 is 4.74 Å². The molecule has 25 heavy (non-hydrogen) atoms. The number of rotatable bonds is 6. The number of unbranched alkanes of at least 4 members (excludes halogenated alkanes) is 1. The van der Waals surface area contributed by atoms with Gasteiger partial charge in [-0.3, -0.25) is 9.59 Å². The van der Waals surface area contributed by atoms with Gasteiger partial charge in [0.1, 0.15) is 18.6 Å². The molecule has 0 saturated heterocycles. The van der Waals surface area contributed by atoms with Crippen LogP contribution in [0.15, 0.2) is 42.5 Å². The van der Waals surface area contributed by atoms with Crippen LogP contribution in [0.25, 0.3) is 0 Å². The standard InChI is InChI=1S/C20H18O5/c21-9-3-4-10-24-19(22)12-14-7-8-18-17(11-14)20(23)16-6-2-1-5-15(16)13-25-18/h1-2,5-9,11H,3-4,10,12-13H2. The number of hydrogen-bond donors (Lipinski definition) is 0. The van der Waals surface area contributed by atoms with E-state index in [1.165, 1.54) is 0 Å². The topological polar surface area (TPSA) is 69.7 Å². The van der Waals surface area contributed by atoms with Crippen LogP contribution in [0.2, 0.25) is 0 Å². The minimum Gasteiger partial charge on any atom is -0.488 e. The van der Waals surface area contributed by atoms with Crippen molar-refractivity contribution in [3.63, 3.8) is 0 Å². The second kappa shape index (κ2) is 7.75. The molecule has 0 radical (unpaired) electrons. The molecule has 128 valence electrons. The molecule has 1 aliphatic rings. The van der Waals surface area contributed by atoms with E-state index in [9.17, 15) is 14.4 Å². The summed E-state index contributed by atoms with van der Waals surface area (Å²) in [6.45, 7) is 0.560. The van der Waals surface area contributed by atoms with Gasteiger partial charge in [-0.2, -0.15) is 0 Å². The lowest BCUT2D eigenvalue weighted by atomic mass is 9.97. The monoisotopic (exact) mass is 338 g/mol. The fourth-order valence-electron chi connectivity index (χ4n) is 2.73. The number of benzene rings is 2. The van der Waals surface area contributed by atoms with Crippen molar-refractivity contribution >= 4 is 18.0 Å². The average Bonchev–Trinajstić information content (AvgIpc) is 2.76. The summed E-state index contributed by atoms with van der Waals surface area (Å²) in [5, 5.41) is 0. The Labute approximate surface area is 145 Å². The van der Waals surface area contributed by atoms with Crippen molar-refractivity contribution < 1.29 is 23.9 Å². The van der Waals surface area contributed by atoms with Crippen LogP contribution in [0.3, 0.4) is 0 Å². The average molecular weight is 338 g/mol. The molecule has 1 aliphatic heterocycles. The maximum absolute atomic E-state index is 12.8. The van der Waals surface area contributed by atoms with Crippen molar-refractivity contribution in [2.75, 3.05) is 6.61 Å². The molecule has 5 nitrogen and oxygen atoms in total. The summed E-state index contributed by atoms with van der Waals surface area (Å²) in [6.07, 6.45) is 1.76. The minimum absolute atomic E-state index is 0.0727. The molecule has 1 heterocycles. The molecular weight excluding hydrogens is 320 g/mol. The molecule has 0 aliphatic carbocycles. The van der Waals surface area contributed by atoms with Crippen LogP contribution in [-0.2, 0) is 27.4 Å². The number of esters is 1. The summed E-state index contributed by atoms with van der Waals surface area (Å²) in [5.41, 5.74) is 2.61. The molecule has 0 amide bonds. The Kier molecular flexibility index (Phi) is 5.23. The third-order valence-electron chi connectivity index (χ3n) is 4.01. The summed E-state index contributed by atoms with van der Waals surface area (Å²) in [4.78, 5) is 34.9. The Hall–Kier alpha value is -2.95. The number of carbonyl (C=O) groups is 3. The number of ether oxygens (including phenoxy) is 2. The first-order valence-electron chi connectivity index (χ1n) is 8.16. The summed E-state index contributed by atoms with van der Waals surface area (Å²) in [6, 6.07) is 12.5. The van der Waals surface area contributed by atoms with Crippen LogP contribution in [0.4, 0.5) is 0 Å². The van der Waals surface area contributed by atoms with Gasteiger partial charge in [-0.15, -0.1) is 0 Å². The summed E-state index contributed by atoms with van der Waals surface area (Å²) in [7, 11) is 0. The van der Waals surface area contributed by atoms with Crippen molar-refractivity contribution in [2.24, 2.45) is 0 Å². The van der Waals surface area contributed by atoms with E-state index in [2.05, 4.69) is 0 Å².